The number of hydrogen-bond donors (Lipinski definition) is 1. The van der Waals surface area contributed by atoms with Crippen LogP contribution in [0, 0.1) is 11.3 Å². The van der Waals surface area contributed by atoms with Crippen LogP contribution in [0.4, 0.5) is 5.00 Å². The number of thioether (sulfide) groups is 1. The number of carbonyl (C=O) groups excluding carboxylic acids is 1. The van der Waals surface area contributed by atoms with Crippen LogP contribution in [-0.2, 0) is 19.5 Å². The first-order chi connectivity index (χ1) is 14.2. The first kappa shape index (κ1) is 19.7. The van der Waals surface area contributed by atoms with Crippen molar-refractivity contribution in [2.75, 3.05) is 18.1 Å². The molecule has 2 heterocycles. The van der Waals surface area contributed by atoms with Gasteiger partial charge < -0.3 is 5.32 Å². The largest absolute Gasteiger partial charge is 0.312 e. The molecule has 4 nitrogen and oxygen atoms in total. The van der Waals surface area contributed by atoms with Gasteiger partial charge in [-0.05, 0) is 42.0 Å². The summed E-state index contributed by atoms with van der Waals surface area (Å²) in [6.07, 6.45) is 2.82. The molecule has 6 heteroatoms. The Kier molecular flexibility index (Phi) is 6.00. The number of carbonyl (C=O) groups is 1. The SMILES string of the molecule is CSc1cccc(C(=O)Nc2sc3c(c2C#N)CCN(Cc2ccccc2)C3)c1. The molecule has 0 saturated heterocycles. The van der Waals surface area contributed by atoms with Crippen molar-refractivity contribution in [2.45, 2.75) is 24.4 Å². The fourth-order valence-electron chi connectivity index (χ4n) is 3.58. The van der Waals surface area contributed by atoms with Crippen molar-refractivity contribution >= 4 is 34.0 Å². The molecule has 0 bridgehead atoms. The van der Waals surface area contributed by atoms with E-state index < -0.39 is 0 Å². The highest BCUT2D eigenvalue weighted by Gasteiger charge is 2.25. The van der Waals surface area contributed by atoms with E-state index in [2.05, 4.69) is 40.6 Å². The molecule has 0 spiro atoms. The highest BCUT2D eigenvalue weighted by molar-refractivity contribution is 7.98. The highest BCUT2D eigenvalue weighted by Crippen LogP contribution is 2.37. The Balaban J connectivity index is 1.53. The summed E-state index contributed by atoms with van der Waals surface area (Å²) in [7, 11) is 0. The Morgan fingerprint density at radius 3 is 2.83 bits per heavy atom. The van der Waals surface area contributed by atoms with Crippen LogP contribution in [0.2, 0.25) is 0 Å². The van der Waals surface area contributed by atoms with Gasteiger partial charge in [0.05, 0.1) is 5.56 Å². The van der Waals surface area contributed by atoms with E-state index in [-0.39, 0.29) is 5.91 Å². The van der Waals surface area contributed by atoms with Gasteiger partial charge in [0.1, 0.15) is 11.1 Å². The third-order valence-electron chi connectivity index (χ3n) is 5.06. The smallest absolute Gasteiger partial charge is 0.256 e. The Morgan fingerprint density at radius 2 is 2.07 bits per heavy atom. The summed E-state index contributed by atoms with van der Waals surface area (Å²) < 4.78 is 0. The Bertz CT molecular complexity index is 1070. The van der Waals surface area contributed by atoms with Crippen LogP contribution in [0.3, 0.4) is 0 Å². The highest BCUT2D eigenvalue weighted by atomic mass is 32.2. The lowest BCUT2D eigenvalue weighted by Crippen LogP contribution is -2.29. The van der Waals surface area contributed by atoms with Gasteiger partial charge in [0.25, 0.3) is 5.91 Å². The van der Waals surface area contributed by atoms with Crippen molar-refractivity contribution in [1.82, 2.24) is 4.90 Å². The number of hydrogen-bond acceptors (Lipinski definition) is 5. The lowest BCUT2D eigenvalue weighted by molar-refractivity contribution is 0.102. The topological polar surface area (TPSA) is 56.1 Å². The summed E-state index contributed by atoms with van der Waals surface area (Å²) in [6.45, 7) is 2.61. The van der Waals surface area contributed by atoms with E-state index in [1.54, 1.807) is 17.8 Å². The fraction of sp³-hybridized carbons (Fsp3) is 0.217. The number of benzene rings is 2. The molecule has 146 valence electrons. The molecule has 1 amide bonds. The van der Waals surface area contributed by atoms with Crippen LogP contribution in [-0.4, -0.2) is 23.6 Å². The summed E-state index contributed by atoms with van der Waals surface area (Å²) in [6, 6.07) is 20.3. The third-order valence-corrected chi connectivity index (χ3v) is 6.91. The van der Waals surface area contributed by atoms with Crippen molar-refractivity contribution in [2.24, 2.45) is 0 Å². The van der Waals surface area contributed by atoms with E-state index in [0.717, 1.165) is 36.5 Å². The lowest BCUT2D eigenvalue weighted by Gasteiger charge is -2.26. The monoisotopic (exact) mass is 419 g/mol. The minimum atomic E-state index is -0.169. The second-order valence-electron chi connectivity index (χ2n) is 6.95. The number of nitriles is 1. The summed E-state index contributed by atoms with van der Waals surface area (Å²) in [5.41, 5.74) is 3.61. The second-order valence-corrected chi connectivity index (χ2v) is 8.94. The molecule has 1 aromatic heterocycles. The number of rotatable bonds is 5. The number of fused-ring (bicyclic) bond motifs is 1. The maximum Gasteiger partial charge on any atom is 0.256 e. The molecule has 4 rings (SSSR count). The van der Waals surface area contributed by atoms with Gasteiger partial charge in [-0.3, -0.25) is 9.69 Å². The number of anilines is 1. The van der Waals surface area contributed by atoms with E-state index in [1.165, 1.54) is 21.8 Å². The van der Waals surface area contributed by atoms with Crippen LogP contribution in [0.5, 0.6) is 0 Å². The van der Waals surface area contributed by atoms with Gasteiger partial charge in [-0.2, -0.15) is 5.26 Å². The number of thiophene rings is 1. The molecule has 0 unspecified atom stereocenters. The summed E-state index contributed by atoms with van der Waals surface area (Å²) >= 11 is 3.13. The predicted molar refractivity (Wildman–Crippen MR) is 119 cm³/mol. The van der Waals surface area contributed by atoms with E-state index in [4.69, 9.17) is 0 Å². The molecular formula is C23H21N3OS2. The standard InChI is InChI=1S/C23H21N3OS2/c1-28-18-9-5-8-17(12-18)22(27)25-23-20(13-24)19-10-11-26(15-21(19)29-23)14-16-6-3-2-4-7-16/h2-9,12H,10-11,14-15H2,1H3,(H,25,27). The molecule has 0 saturated carbocycles. The van der Waals surface area contributed by atoms with Crippen molar-refractivity contribution in [1.29, 1.82) is 5.26 Å². The van der Waals surface area contributed by atoms with E-state index in [1.807, 2.05) is 30.5 Å². The minimum absolute atomic E-state index is 0.169. The molecule has 0 radical (unpaired) electrons. The number of amides is 1. The molecule has 0 atom stereocenters. The zero-order chi connectivity index (χ0) is 20.2. The predicted octanol–water partition coefficient (Wildman–Crippen LogP) is 5.15. The minimum Gasteiger partial charge on any atom is -0.312 e. The molecule has 1 aliphatic rings. The zero-order valence-corrected chi connectivity index (χ0v) is 17.8. The molecule has 0 fully saturated rings. The summed E-state index contributed by atoms with van der Waals surface area (Å²) in [4.78, 5) is 17.3. The van der Waals surface area contributed by atoms with Gasteiger partial charge in [-0.1, -0.05) is 36.4 Å². The maximum atomic E-state index is 12.7. The number of nitrogens with zero attached hydrogens (tertiary/aromatic N) is 2. The van der Waals surface area contributed by atoms with Crippen LogP contribution in [0.1, 0.15) is 31.9 Å². The average Bonchev–Trinajstić information content (AvgIpc) is 3.10. The molecule has 3 aromatic rings. The van der Waals surface area contributed by atoms with Gasteiger partial charge in [0, 0.05) is 35.0 Å². The van der Waals surface area contributed by atoms with Crippen molar-refractivity contribution < 1.29 is 4.79 Å². The van der Waals surface area contributed by atoms with Crippen LogP contribution < -0.4 is 5.32 Å². The van der Waals surface area contributed by atoms with Crippen LogP contribution in [0.15, 0.2) is 59.5 Å². The van der Waals surface area contributed by atoms with Crippen molar-refractivity contribution in [3.8, 4) is 6.07 Å². The Labute approximate surface area is 179 Å². The molecule has 1 aliphatic heterocycles. The van der Waals surface area contributed by atoms with Gasteiger partial charge in [0.15, 0.2) is 0 Å². The molecule has 29 heavy (non-hydrogen) atoms. The number of nitrogens with one attached hydrogen (secondary N) is 1. The normalized spacial score (nSPS) is 13.5. The van der Waals surface area contributed by atoms with Gasteiger partial charge in [-0.25, -0.2) is 0 Å². The van der Waals surface area contributed by atoms with E-state index in [0.29, 0.717) is 16.1 Å². The van der Waals surface area contributed by atoms with Crippen LogP contribution in [0.25, 0.3) is 0 Å². The average molecular weight is 420 g/mol. The second kappa shape index (κ2) is 8.83. The lowest BCUT2D eigenvalue weighted by atomic mass is 10.0. The third kappa shape index (κ3) is 4.38. The molecule has 1 N–H and O–H groups in total. The Hall–Kier alpha value is -2.59. The van der Waals surface area contributed by atoms with Gasteiger partial charge in [-0.15, -0.1) is 23.1 Å². The fourth-order valence-corrected chi connectivity index (χ4v) is 5.27. The van der Waals surface area contributed by atoms with Crippen LogP contribution >= 0.6 is 23.1 Å². The first-order valence-corrected chi connectivity index (χ1v) is 11.5. The van der Waals surface area contributed by atoms with E-state index >= 15 is 0 Å². The molecule has 0 aliphatic carbocycles. The maximum absolute atomic E-state index is 12.7. The summed E-state index contributed by atoms with van der Waals surface area (Å²) in [5.74, 6) is -0.169. The zero-order valence-electron chi connectivity index (χ0n) is 16.1. The van der Waals surface area contributed by atoms with Gasteiger partial charge >= 0.3 is 0 Å². The Morgan fingerprint density at radius 1 is 1.24 bits per heavy atom. The quantitative estimate of drug-likeness (QED) is 0.581. The van der Waals surface area contributed by atoms with Crippen molar-refractivity contribution in [3.05, 3.63) is 81.7 Å². The molecule has 2 aromatic carbocycles. The summed E-state index contributed by atoms with van der Waals surface area (Å²) in [5, 5.41) is 13.4. The van der Waals surface area contributed by atoms with Crippen molar-refractivity contribution in [3.63, 3.8) is 0 Å². The molecular weight excluding hydrogens is 398 g/mol. The first-order valence-electron chi connectivity index (χ1n) is 9.44. The van der Waals surface area contributed by atoms with E-state index in [9.17, 15) is 10.1 Å². The van der Waals surface area contributed by atoms with Gasteiger partial charge in [0.2, 0.25) is 0 Å².